The van der Waals surface area contributed by atoms with E-state index in [0.717, 1.165) is 30.6 Å². The predicted molar refractivity (Wildman–Crippen MR) is 104 cm³/mol. The maximum absolute atomic E-state index is 12.5. The molecule has 25 heavy (non-hydrogen) atoms. The molecule has 1 heterocycles. The fraction of sp³-hybridized carbons (Fsp3) is 0.368. The molecule has 0 bridgehead atoms. The average Bonchev–Trinajstić information content (AvgIpc) is 2.56. The number of rotatable bonds is 4. The Hall–Kier alpha value is -1.72. The van der Waals surface area contributed by atoms with E-state index in [2.05, 4.69) is 16.5 Å². The van der Waals surface area contributed by atoms with Crippen LogP contribution in [0.1, 0.15) is 31.7 Å². The number of aryl methyl sites for hydroxylation is 1. The van der Waals surface area contributed by atoms with Crippen molar-refractivity contribution in [1.29, 1.82) is 0 Å². The van der Waals surface area contributed by atoms with Crippen LogP contribution in [-0.4, -0.2) is 21.0 Å². The summed E-state index contributed by atoms with van der Waals surface area (Å²) in [5.41, 5.74) is 2.45. The van der Waals surface area contributed by atoms with Crippen LogP contribution in [0.2, 0.25) is 5.02 Å². The molecule has 134 valence electrons. The molecular weight excluding hydrogens is 356 g/mol. The lowest BCUT2D eigenvalue weighted by Crippen LogP contribution is -2.37. The van der Waals surface area contributed by atoms with Crippen molar-refractivity contribution in [3.63, 3.8) is 0 Å². The van der Waals surface area contributed by atoms with Gasteiger partial charge < -0.3 is 4.90 Å². The van der Waals surface area contributed by atoms with Gasteiger partial charge in [0, 0.05) is 12.6 Å². The molecule has 1 aliphatic rings. The summed E-state index contributed by atoms with van der Waals surface area (Å²) in [6.07, 6.45) is 3.55. The SMILES string of the molecule is Cc1ccc(S(=O)(=O)Nc2ccc(N3CCCCC3C)c(Cl)c2)cc1. The number of benzene rings is 2. The Morgan fingerprint density at radius 1 is 1.12 bits per heavy atom. The van der Waals surface area contributed by atoms with Crippen molar-refractivity contribution in [2.24, 2.45) is 0 Å². The highest BCUT2D eigenvalue weighted by Crippen LogP contribution is 2.33. The average molecular weight is 379 g/mol. The number of halogens is 1. The van der Waals surface area contributed by atoms with Gasteiger partial charge in [-0.05, 0) is 63.4 Å². The third kappa shape index (κ3) is 4.10. The Kier molecular flexibility index (Phi) is 5.25. The van der Waals surface area contributed by atoms with E-state index >= 15 is 0 Å². The minimum atomic E-state index is -3.62. The molecule has 1 saturated heterocycles. The highest BCUT2D eigenvalue weighted by Gasteiger charge is 2.21. The van der Waals surface area contributed by atoms with Crippen LogP contribution in [0.3, 0.4) is 0 Å². The molecule has 0 radical (unpaired) electrons. The van der Waals surface area contributed by atoms with E-state index in [1.807, 2.05) is 13.0 Å². The standard InChI is InChI=1S/C19H23ClN2O2S/c1-14-6-9-17(10-7-14)25(23,24)21-16-8-11-19(18(20)13-16)22-12-4-3-5-15(22)2/h6-11,13,15,21H,3-5,12H2,1-2H3. The van der Waals surface area contributed by atoms with Gasteiger partial charge in [0.05, 0.1) is 21.3 Å². The molecular formula is C19H23ClN2O2S. The summed E-state index contributed by atoms with van der Waals surface area (Å²) in [5.74, 6) is 0. The number of nitrogens with one attached hydrogen (secondary N) is 1. The second-order valence-corrected chi connectivity index (χ2v) is 8.71. The third-order valence-electron chi connectivity index (χ3n) is 4.64. The van der Waals surface area contributed by atoms with E-state index in [4.69, 9.17) is 11.6 Å². The Bertz CT molecular complexity index is 850. The maximum Gasteiger partial charge on any atom is 0.261 e. The Morgan fingerprint density at radius 2 is 1.84 bits per heavy atom. The van der Waals surface area contributed by atoms with Crippen LogP contribution in [0.15, 0.2) is 47.4 Å². The van der Waals surface area contributed by atoms with Gasteiger partial charge in [-0.15, -0.1) is 0 Å². The summed E-state index contributed by atoms with van der Waals surface area (Å²) in [6, 6.07) is 12.6. The lowest BCUT2D eigenvalue weighted by atomic mass is 10.0. The maximum atomic E-state index is 12.5. The summed E-state index contributed by atoms with van der Waals surface area (Å²) in [5, 5.41) is 0.567. The quantitative estimate of drug-likeness (QED) is 0.829. The normalized spacial score (nSPS) is 18.2. The van der Waals surface area contributed by atoms with E-state index in [0.29, 0.717) is 16.8 Å². The van der Waals surface area contributed by atoms with E-state index in [1.54, 1.807) is 36.4 Å². The fourth-order valence-corrected chi connectivity index (χ4v) is 4.53. The van der Waals surface area contributed by atoms with Gasteiger partial charge in [0.1, 0.15) is 0 Å². The predicted octanol–water partition coefficient (Wildman–Crippen LogP) is 4.83. The van der Waals surface area contributed by atoms with E-state index in [1.165, 1.54) is 6.42 Å². The van der Waals surface area contributed by atoms with Gasteiger partial charge in [0.15, 0.2) is 0 Å². The first-order valence-corrected chi connectivity index (χ1v) is 10.4. The molecule has 1 N–H and O–H groups in total. The lowest BCUT2D eigenvalue weighted by molar-refractivity contribution is 0.485. The molecule has 0 spiro atoms. The molecule has 2 aromatic carbocycles. The molecule has 0 saturated carbocycles. The molecule has 1 atom stereocenters. The highest BCUT2D eigenvalue weighted by molar-refractivity contribution is 7.92. The van der Waals surface area contributed by atoms with Gasteiger partial charge in [0.2, 0.25) is 0 Å². The van der Waals surface area contributed by atoms with Crippen LogP contribution in [0.5, 0.6) is 0 Å². The summed E-state index contributed by atoms with van der Waals surface area (Å²) in [7, 11) is -3.62. The second kappa shape index (κ2) is 7.26. The smallest absolute Gasteiger partial charge is 0.261 e. The van der Waals surface area contributed by atoms with E-state index < -0.39 is 10.0 Å². The summed E-state index contributed by atoms with van der Waals surface area (Å²) in [6.45, 7) is 5.10. The van der Waals surface area contributed by atoms with Crippen LogP contribution < -0.4 is 9.62 Å². The third-order valence-corrected chi connectivity index (χ3v) is 6.34. The molecule has 2 aromatic rings. The zero-order valence-electron chi connectivity index (χ0n) is 14.5. The molecule has 0 aromatic heterocycles. The molecule has 0 amide bonds. The molecule has 6 heteroatoms. The molecule has 1 unspecified atom stereocenters. The summed E-state index contributed by atoms with van der Waals surface area (Å²) in [4.78, 5) is 2.53. The second-order valence-electron chi connectivity index (χ2n) is 6.62. The van der Waals surface area contributed by atoms with Crippen molar-refractivity contribution in [1.82, 2.24) is 0 Å². The van der Waals surface area contributed by atoms with Crippen LogP contribution in [0.4, 0.5) is 11.4 Å². The number of nitrogens with zero attached hydrogens (tertiary/aromatic N) is 1. The summed E-state index contributed by atoms with van der Waals surface area (Å²) >= 11 is 6.45. The van der Waals surface area contributed by atoms with Gasteiger partial charge in [-0.2, -0.15) is 0 Å². The molecule has 0 aliphatic carbocycles. The topological polar surface area (TPSA) is 49.4 Å². The van der Waals surface area contributed by atoms with Gasteiger partial charge in [0.25, 0.3) is 10.0 Å². The van der Waals surface area contributed by atoms with Crippen molar-refractivity contribution in [3.05, 3.63) is 53.1 Å². The van der Waals surface area contributed by atoms with Crippen molar-refractivity contribution in [2.45, 2.75) is 44.0 Å². The highest BCUT2D eigenvalue weighted by atomic mass is 35.5. The van der Waals surface area contributed by atoms with Crippen LogP contribution in [0.25, 0.3) is 0 Å². The van der Waals surface area contributed by atoms with Gasteiger partial charge in [-0.1, -0.05) is 29.3 Å². The first-order valence-electron chi connectivity index (χ1n) is 8.52. The Balaban J connectivity index is 1.82. The largest absolute Gasteiger partial charge is 0.368 e. The first-order chi connectivity index (χ1) is 11.9. The van der Waals surface area contributed by atoms with E-state index in [-0.39, 0.29) is 4.90 Å². The van der Waals surface area contributed by atoms with Gasteiger partial charge in [-0.3, -0.25) is 4.72 Å². The van der Waals surface area contributed by atoms with Gasteiger partial charge >= 0.3 is 0 Å². The Morgan fingerprint density at radius 3 is 2.48 bits per heavy atom. The molecule has 4 nitrogen and oxygen atoms in total. The zero-order chi connectivity index (χ0) is 18.0. The van der Waals surface area contributed by atoms with Crippen molar-refractivity contribution in [2.75, 3.05) is 16.2 Å². The monoisotopic (exact) mass is 378 g/mol. The molecule has 1 aliphatic heterocycles. The van der Waals surface area contributed by atoms with Crippen molar-refractivity contribution in [3.8, 4) is 0 Å². The first kappa shape index (κ1) is 18.1. The zero-order valence-corrected chi connectivity index (χ0v) is 16.1. The summed E-state index contributed by atoms with van der Waals surface area (Å²) < 4.78 is 27.6. The van der Waals surface area contributed by atoms with Crippen LogP contribution in [-0.2, 0) is 10.0 Å². The fourth-order valence-electron chi connectivity index (χ4n) is 3.19. The van der Waals surface area contributed by atoms with Crippen LogP contribution in [0, 0.1) is 6.92 Å². The number of anilines is 2. The number of piperidine rings is 1. The van der Waals surface area contributed by atoms with Crippen molar-refractivity contribution >= 4 is 33.0 Å². The minimum absolute atomic E-state index is 0.239. The van der Waals surface area contributed by atoms with Crippen LogP contribution >= 0.6 is 11.6 Å². The molecule has 3 rings (SSSR count). The number of hydrogen-bond acceptors (Lipinski definition) is 3. The lowest BCUT2D eigenvalue weighted by Gasteiger charge is -2.36. The minimum Gasteiger partial charge on any atom is -0.368 e. The van der Waals surface area contributed by atoms with E-state index in [9.17, 15) is 8.42 Å². The Labute approximate surface area is 154 Å². The molecule has 1 fully saturated rings. The number of hydrogen-bond donors (Lipinski definition) is 1. The van der Waals surface area contributed by atoms with Crippen molar-refractivity contribution < 1.29 is 8.42 Å². The number of sulfonamides is 1. The van der Waals surface area contributed by atoms with Gasteiger partial charge in [-0.25, -0.2) is 8.42 Å².